The highest BCUT2D eigenvalue weighted by Crippen LogP contribution is 2.23. The Morgan fingerprint density at radius 2 is 1.76 bits per heavy atom. The summed E-state index contributed by atoms with van der Waals surface area (Å²) in [5, 5.41) is 2.99. The summed E-state index contributed by atoms with van der Waals surface area (Å²) < 4.78 is 0.921. The number of carbonyl (C=O) groups is 1. The number of hydrogen-bond donors (Lipinski definition) is 1. The van der Waals surface area contributed by atoms with Crippen molar-refractivity contribution in [2.24, 2.45) is 0 Å². The third kappa shape index (κ3) is 4.83. The second kappa shape index (κ2) is 8.02. The topological polar surface area (TPSA) is 35.6 Å². The summed E-state index contributed by atoms with van der Waals surface area (Å²) in [6, 6.07) is 14.5. The first-order valence-electron chi connectivity index (χ1n) is 8.61. The zero-order valence-electron chi connectivity index (χ0n) is 14.8. The summed E-state index contributed by atoms with van der Waals surface area (Å²) >= 11 is 3.51. The first kappa shape index (κ1) is 18.0. The molecule has 0 unspecified atom stereocenters. The predicted molar refractivity (Wildman–Crippen MR) is 107 cm³/mol. The average Bonchev–Trinajstić information content (AvgIpc) is 2.58. The fourth-order valence-electron chi connectivity index (χ4n) is 3.10. The van der Waals surface area contributed by atoms with Crippen LogP contribution in [0.2, 0.25) is 0 Å². The Morgan fingerprint density at radius 3 is 2.44 bits per heavy atom. The molecule has 0 radical (unpaired) electrons. The highest BCUT2D eigenvalue weighted by Gasteiger charge is 2.19. The Kier molecular flexibility index (Phi) is 5.76. The Balaban J connectivity index is 1.51. The van der Waals surface area contributed by atoms with E-state index in [-0.39, 0.29) is 5.91 Å². The number of halogens is 1. The predicted octanol–water partition coefficient (Wildman–Crippen LogP) is 3.83. The van der Waals surface area contributed by atoms with E-state index in [0.717, 1.165) is 41.9 Å². The number of benzene rings is 2. The molecule has 1 aliphatic rings. The Labute approximate surface area is 158 Å². The maximum atomic E-state index is 12.3. The van der Waals surface area contributed by atoms with Crippen molar-refractivity contribution in [2.75, 3.05) is 42.9 Å². The molecular weight excluding hydrogens is 378 g/mol. The maximum Gasteiger partial charge on any atom is 0.238 e. The molecular formula is C20H24BrN3O. The Morgan fingerprint density at radius 1 is 1.04 bits per heavy atom. The molecule has 1 fully saturated rings. The molecule has 132 valence electrons. The summed E-state index contributed by atoms with van der Waals surface area (Å²) in [6.45, 7) is 8.28. The van der Waals surface area contributed by atoms with Crippen molar-refractivity contribution in [1.29, 1.82) is 0 Å². The van der Waals surface area contributed by atoms with Crippen molar-refractivity contribution < 1.29 is 4.79 Å². The minimum absolute atomic E-state index is 0.0357. The maximum absolute atomic E-state index is 12.3. The van der Waals surface area contributed by atoms with Crippen molar-refractivity contribution in [2.45, 2.75) is 13.8 Å². The molecule has 25 heavy (non-hydrogen) atoms. The molecule has 5 heteroatoms. The standard InChI is InChI=1S/C20H24BrN3O/c1-15-4-3-5-17(12-15)24-10-8-23(9-11-24)14-20(25)22-19-7-6-16(2)13-18(19)21/h3-7,12-13H,8-11,14H2,1-2H3,(H,22,25). The molecule has 1 aliphatic heterocycles. The van der Waals surface area contributed by atoms with Gasteiger partial charge in [0.15, 0.2) is 0 Å². The molecule has 0 aliphatic carbocycles. The van der Waals surface area contributed by atoms with Crippen molar-refractivity contribution >= 4 is 33.2 Å². The number of piperazine rings is 1. The zero-order chi connectivity index (χ0) is 17.8. The smallest absolute Gasteiger partial charge is 0.238 e. The quantitative estimate of drug-likeness (QED) is 0.845. The van der Waals surface area contributed by atoms with Crippen LogP contribution in [0.25, 0.3) is 0 Å². The van der Waals surface area contributed by atoms with Gasteiger partial charge in [-0.3, -0.25) is 9.69 Å². The Hall–Kier alpha value is -1.85. The minimum Gasteiger partial charge on any atom is -0.369 e. The van der Waals surface area contributed by atoms with Gasteiger partial charge < -0.3 is 10.2 Å². The van der Waals surface area contributed by atoms with Gasteiger partial charge in [-0.2, -0.15) is 0 Å². The molecule has 0 saturated carbocycles. The van der Waals surface area contributed by atoms with Crippen LogP contribution in [0.3, 0.4) is 0 Å². The second-order valence-corrected chi connectivity index (χ2v) is 7.49. The van der Waals surface area contributed by atoms with Gasteiger partial charge in [0, 0.05) is 36.3 Å². The largest absolute Gasteiger partial charge is 0.369 e. The van der Waals surface area contributed by atoms with Crippen LogP contribution >= 0.6 is 15.9 Å². The van der Waals surface area contributed by atoms with Crippen molar-refractivity contribution in [3.8, 4) is 0 Å². The molecule has 1 heterocycles. The van der Waals surface area contributed by atoms with Crippen LogP contribution in [0.1, 0.15) is 11.1 Å². The number of amides is 1. The normalized spacial score (nSPS) is 15.2. The van der Waals surface area contributed by atoms with Crippen LogP contribution in [-0.4, -0.2) is 43.5 Å². The number of nitrogens with one attached hydrogen (secondary N) is 1. The SMILES string of the molecule is Cc1cccc(N2CCN(CC(=O)Nc3ccc(C)cc3Br)CC2)c1. The van der Waals surface area contributed by atoms with Crippen molar-refractivity contribution in [3.05, 3.63) is 58.1 Å². The molecule has 2 aromatic carbocycles. The first-order valence-corrected chi connectivity index (χ1v) is 9.40. The van der Waals surface area contributed by atoms with Gasteiger partial charge in [0.05, 0.1) is 12.2 Å². The van der Waals surface area contributed by atoms with Crippen LogP contribution in [-0.2, 0) is 4.79 Å². The van der Waals surface area contributed by atoms with Gasteiger partial charge >= 0.3 is 0 Å². The van der Waals surface area contributed by atoms with Gasteiger partial charge in [-0.15, -0.1) is 0 Å². The summed E-state index contributed by atoms with van der Waals surface area (Å²) in [7, 11) is 0. The molecule has 1 amide bonds. The lowest BCUT2D eigenvalue weighted by molar-refractivity contribution is -0.117. The van der Waals surface area contributed by atoms with E-state index in [9.17, 15) is 4.79 Å². The van der Waals surface area contributed by atoms with E-state index in [4.69, 9.17) is 0 Å². The summed E-state index contributed by atoms with van der Waals surface area (Å²) in [4.78, 5) is 16.9. The van der Waals surface area contributed by atoms with Gasteiger partial charge in [0.1, 0.15) is 0 Å². The van der Waals surface area contributed by atoms with Gasteiger partial charge in [0.2, 0.25) is 5.91 Å². The number of aryl methyl sites for hydroxylation is 2. The van der Waals surface area contributed by atoms with Gasteiger partial charge in [-0.1, -0.05) is 18.2 Å². The minimum atomic E-state index is 0.0357. The summed E-state index contributed by atoms with van der Waals surface area (Å²) in [5.41, 5.74) is 4.54. The number of carbonyl (C=O) groups excluding carboxylic acids is 1. The number of anilines is 2. The van der Waals surface area contributed by atoms with Crippen LogP contribution in [0.4, 0.5) is 11.4 Å². The molecule has 1 N–H and O–H groups in total. The van der Waals surface area contributed by atoms with E-state index in [0.29, 0.717) is 6.54 Å². The molecule has 1 saturated heterocycles. The fourth-order valence-corrected chi connectivity index (χ4v) is 3.70. The van der Waals surface area contributed by atoms with Crippen LogP contribution in [0.15, 0.2) is 46.9 Å². The van der Waals surface area contributed by atoms with Crippen molar-refractivity contribution in [1.82, 2.24) is 4.90 Å². The van der Waals surface area contributed by atoms with Gasteiger partial charge in [-0.25, -0.2) is 0 Å². The van der Waals surface area contributed by atoms with E-state index in [1.54, 1.807) is 0 Å². The zero-order valence-corrected chi connectivity index (χ0v) is 16.3. The fraction of sp³-hybridized carbons (Fsp3) is 0.350. The van der Waals surface area contributed by atoms with E-state index >= 15 is 0 Å². The monoisotopic (exact) mass is 401 g/mol. The molecule has 0 aromatic heterocycles. The van der Waals surface area contributed by atoms with Crippen LogP contribution in [0, 0.1) is 13.8 Å². The average molecular weight is 402 g/mol. The number of nitrogens with zero attached hydrogens (tertiary/aromatic N) is 2. The third-order valence-corrected chi connectivity index (χ3v) is 5.16. The lowest BCUT2D eigenvalue weighted by Crippen LogP contribution is -2.48. The summed E-state index contributed by atoms with van der Waals surface area (Å²) in [6.07, 6.45) is 0. The second-order valence-electron chi connectivity index (χ2n) is 6.63. The lowest BCUT2D eigenvalue weighted by atomic mass is 10.2. The van der Waals surface area contributed by atoms with Crippen LogP contribution < -0.4 is 10.2 Å². The third-order valence-electron chi connectivity index (χ3n) is 4.50. The number of hydrogen-bond acceptors (Lipinski definition) is 3. The lowest BCUT2D eigenvalue weighted by Gasteiger charge is -2.35. The molecule has 0 atom stereocenters. The van der Waals surface area contributed by atoms with E-state index in [2.05, 4.69) is 62.2 Å². The molecule has 3 rings (SSSR count). The first-order chi connectivity index (χ1) is 12.0. The molecule has 0 bridgehead atoms. The van der Waals surface area contributed by atoms with E-state index < -0.39 is 0 Å². The van der Waals surface area contributed by atoms with Crippen molar-refractivity contribution in [3.63, 3.8) is 0 Å². The summed E-state index contributed by atoms with van der Waals surface area (Å²) in [5.74, 6) is 0.0357. The highest BCUT2D eigenvalue weighted by atomic mass is 79.9. The molecule has 2 aromatic rings. The van der Waals surface area contributed by atoms with E-state index in [1.807, 2.05) is 25.1 Å². The molecule has 0 spiro atoms. The number of rotatable bonds is 4. The van der Waals surface area contributed by atoms with Crippen LogP contribution in [0.5, 0.6) is 0 Å². The molecule has 4 nitrogen and oxygen atoms in total. The van der Waals surface area contributed by atoms with Gasteiger partial charge in [0.25, 0.3) is 0 Å². The Bertz CT molecular complexity index is 754. The highest BCUT2D eigenvalue weighted by molar-refractivity contribution is 9.10. The van der Waals surface area contributed by atoms with E-state index in [1.165, 1.54) is 11.3 Å². The van der Waals surface area contributed by atoms with Gasteiger partial charge in [-0.05, 0) is 65.2 Å².